The number of aromatic nitrogens is 3. The SMILES string of the molecule is Cc1ccc2nc(CCl)n(-c3ccc(C)c(Br)c3)c2n1. The molecule has 0 aliphatic heterocycles. The van der Waals surface area contributed by atoms with Crippen LogP contribution in [0.1, 0.15) is 17.1 Å². The van der Waals surface area contributed by atoms with Crippen LogP contribution in [0.5, 0.6) is 0 Å². The van der Waals surface area contributed by atoms with Crippen molar-refractivity contribution in [1.82, 2.24) is 14.5 Å². The summed E-state index contributed by atoms with van der Waals surface area (Å²) in [6.45, 7) is 4.03. The number of nitrogens with zero attached hydrogens (tertiary/aromatic N) is 3. The first-order valence-corrected chi connectivity index (χ1v) is 7.60. The molecule has 0 aliphatic carbocycles. The van der Waals surface area contributed by atoms with Gasteiger partial charge in [-0.1, -0.05) is 22.0 Å². The second-order valence-corrected chi connectivity index (χ2v) is 5.85. The van der Waals surface area contributed by atoms with E-state index in [9.17, 15) is 0 Å². The number of benzene rings is 1. The third-order valence-electron chi connectivity index (χ3n) is 3.25. The van der Waals surface area contributed by atoms with E-state index in [4.69, 9.17) is 11.6 Å². The molecule has 5 heteroatoms. The van der Waals surface area contributed by atoms with Gasteiger partial charge in [-0.3, -0.25) is 4.57 Å². The first-order valence-electron chi connectivity index (χ1n) is 6.27. The molecule has 0 atom stereocenters. The number of hydrogen-bond acceptors (Lipinski definition) is 2. The van der Waals surface area contributed by atoms with Gasteiger partial charge in [0.05, 0.1) is 11.6 Å². The molecule has 3 rings (SSSR count). The summed E-state index contributed by atoms with van der Waals surface area (Å²) in [7, 11) is 0. The zero-order valence-corrected chi connectivity index (χ0v) is 13.5. The van der Waals surface area contributed by atoms with Crippen molar-refractivity contribution in [2.75, 3.05) is 0 Å². The van der Waals surface area contributed by atoms with Gasteiger partial charge in [-0.2, -0.15) is 0 Å². The Morgan fingerprint density at radius 1 is 1.15 bits per heavy atom. The van der Waals surface area contributed by atoms with Gasteiger partial charge in [0.15, 0.2) is 5.65 Å². The molecule has 0 aliphatic rings. The largest absolute Gasteiger partial charge is 0.280 e. The van der Waals surface area contributed by atoms with E-state index in [1.165, 1.54) is 5.56 Å². The summed E-state index contributed by atoms with van der Waals surface area (Å²) in [6, 6.07) is 10.1. The number of halogens is 2. The molecular weight excluding hydrogens is 338 g/mol. The van der Waals surface area contributed by atoms with Gasteiger partial charge in [0, 0.05) is 10.2 Å². The lowest BCUT2D eigenvalue weighted by atomic mass is 10.2. The second kappa shape index (κ2) is 5.19. The molecule has 0 spiro atoms. The minimum atomic E-state index is 0.348. The summed E-state index contributed by atoms with van der Waals surface area (Å²) in [4.78, 5) is 9.15. The Morgan fingerprint density at radius 2 is 1.95 bits per heavy atom. The number of fused-ring (bicyclic) bond motifs is 1. The predicted octanol–water partition coefficient (Wildman–Crippen LogP) is 4.54. The molecule has 0 bridgehead atoms. The number of alkyl halides is 1. The summed E-state index contributed by atoms with van der Waals surface area (Å²) in [5.41, 5.74) is 4.87. The molecule has 0 fully saturated rings. The molecule has 0 saturated carbocycles. The highest BCUT2D eigenvalue weighted by Gasteiger charge is 2.13. The lowest BCUT2D eigenvalue weighted by molar-refractivity contribution is 0.964. The van der Waals surface area contributed by atoms with Crippen molar-refractivity contribution in [2.24, 2.45) is 0 Å². The predicted molar refractivity (Wildman–Crippen MR) is 85.6 cm³/mol. The second-order valence-electron chi connectivity index (χ2n) is 4.73. The van der Waals surface area contributed by atoms with E-state index in [1.54, 1.807) is 0 Å². The van der Waals surface area contributed by atoms with E-state index in [0.29, 0.717) is 5.88 Å². The van der Waals surface area contributed by atoms with Crippen LogP contribution in [-0.2, 0) is 5.88 Å². The molecule has 3 nitrogen and oxygen atoms in total. The Hall–Kier alpha value is -1.39. The van der Waals surface area contributed by atoms with E-state index >= 15 is 0 Å². The first-order chi connectivity index (χ1) is 9.60. The molecule has 3 aromatic rings. The summed E-state index contributed by atoms with van der Waals surface area (Å²) >= 11 is 9.61. The van der Waals surface area contributed by atoms with Crippen molar-refractivity contribution in [3.05, 3.63) is 51.9 Å². The number of rotatable bonds is 2. The topological polar surface area (TPSA) is 30.7 Å². The van der Waals surface area contributed by atoms with Gasteiger partial charge < -0.3 is 0 Å². The zero-order valence-electron chi connectivity index (χ0n) is 11.2. The number of pyridine rings is 1. The highest BCUT2D eigenvalue weighted by atomic mass is 79.9. The van der Waals surface area contributed by atoms with Crippen LogP contribution in [0, 0.1) is 13.8 Å². The molecule has 1 aromatic carbocycles. The zero-order chi connectivity index (χ0) is 14.3. The lowest BCUT2D eigenvalue weighted by Gasteiger charge is -2.09. The molecule has 20 heavy (non-hydrogen) atoms. The van der Waals surface area contributed by atoms with Crippen molar-refractivity contribution in [3.8, 4) is 5.69 Å². The quantitative estimate of drug-likeness (QED) is 0.635. The van der Waals surface area contributed by atoms with Crippen molar-refractivity contribution in [3.63, 3.8) is 0 Å². The van der Waals surface area contributed by atoms with Crippen molar-refractivity contribution in [1.29, 1.82) is 0 Å². The maximum Gasteiger partial charge on any atom is 0.164 e. The molecule has 2 heterocycles. The molecular formula is C15H13BrClN3. The third-order valence-corrected chi connectivity index (χ3v) is 4.34. The van der Waals surface area contributed by atoms with Crippen LogP contribution in [0.4, 0.5) is 0 Å². The van der Waals surface area contributed by atoms with Gasteiger partial charge in [0.2, 0.25) is 0 Å². The smallest absolute Gasteiger partial charge is 0.164 e. The number of hydrogen-bond donors (Lipinski definition) is 0. The minimum absolute atomic E-state index is 0.348. The summed E-state index contributed by atoms with van der Waals surface area (Å²) in [5.74, 6) is 1.15. The van der Waals surface area contributed by atoms with E-state index in [-0.39, 0.29) is 0 Å². The van der Waals surface area contributed by atoms with Crippen LogP contribution in [0.25, 0.3) is 16.9 Å². The Labute approximate surface area is 130 Å². The fourth-order valence-electron chi connectivity index (χ4n) is 2.18. The maximum atomic E-state index is 6.04. The monoisotopic (exact) mass is 349 g/mol. The molecule has 0 radical (unpaired) electrons. The van der Waals surface area contributed by atoms with Crippen LogP contribution >= 0.6 is 27.5 Å². The van der Waals surface area contributed by atoms with Crippen LogP contribution in [0.2, 0.25) is 0 Å². The standard InChI is InChI=1S/C15H13BrClN3/c1-9-3-5-11(7-12(9)16)20-14(8-17)19-13-6-4-10(2)18-15(13)20/h3-7H,8H2,1-2H3. The molecule has 2 aromatic heterocycles. The van der Waals surface area contributed by atoms with E-state index in [1.807, 2.05) is 23.6 Å². The molecule has 0 amide bonds. The molecule has 0 unspecified atom stereocenters. The van der Waals surface area contributed by atoms with Crippen molar-refractivity contribution < 1.29 is 0 Å². The average Bonchev–Trinajstić information content (AvgIpc) is 2.79. The van der Waals surface area contributed by atoms with Gasteiger partial charge in [0.25, 0.3) is 0 Å². The Bertz CT molecular complexity index is 795. The van der Waals surface area contributed by atoms with Gasteiger partial charge >= 0.3 is 0 Å². The summed E-state index contributed by atoms with van der Waals surface area (Å²) in [6.07, 6.45) is 0. The average molecular weight is 351 g/mol. The Morgan fingerprint density at radius 3 is 2.65 bits per heavy atom. The Balaban J connectivity index is 2.32. The fraction of sp³-hybridized carbons (Fsp3) is 0.200. The van der Waals surface area contributed by atoms with Crippen LogP contribution < -0.4 is 0 Å². The van der Waals surface area contributed by atoms with E-state index < -0.39 is 0 Å². The van der Waals surface area contributed by atoms with Crippen LogP contribution in [-0.4, -0.2) is 14.5 Å². The van der Waals surface area contributed by atoms with E-state index in [2.05, 4.69) is 51.0 Å². The minimum Gasteiger partial charge on any atom is -0.280 e. The van der Waals surface area contributed by atoms with E-state index in [0.717, 1.165) is 32.8 Å². The number of aryl methyl sites for hydroxylation is 2. The fourth-order valence-corrected chi connectivity index (χ4v) is 2.73. The van der Waals surface area contributed by atoms with Crippen LogP contribution in [0.15, 0.2) is 34.8 Å². The summed E-state index contributed by atoms with van der Waals surface area (Å²) in [5, 5.41) is 0. The van der Waals surface area contributed by atoms with Gasteiger partial charge in [-0.05, 0) is 43.7 Å². The first kappa shape index (κ1) is 13.6. The third kappa shape index (κ3) is 2.23. The number of imidazole rings is 1. The lowest BCUT2D eigenvalue weighted by Crippen LogP contribution is -2.01. The van der Waals surface area contributed by atoms with Crippen molar-refractivity contribution >= 4 is 38.7 Å². The van der Waals surface area contributed by atoms with Gasteiger partial charge in [-0.25, -0.2) is 9.97 Å². The normalized spacial score (nSPS) is 11.2. The molecule has 0 N–H and O–H groups in total. The van der Waals surface area contributed by atoms with Gasteiger partial charge in [0.1, 0.15) is 11.3 Å². The Kier molecular flexibility index (Phi) is 3.52. The molecule has 0 saturated heterocycles. The molecule has 102 valence electrons. The summed E-state index contributed by atoms with van der Waals surface area (Å²) < 4.78 is 3.07. The van der Waals surface area contributed by atoms with Crippen molar-refractivity contribution in [2.45, 2.75) is 19.7 Å². The van der Waals surface area contributed by atoms with Crippen LogP contribution in [0.3, 0.4) is 0 Å². The highest BCUT2D eigenvalue weighted by molar-refractivity contribution is 9.10. The van der Waals surface area contributed by atoms with Gasteiger partial charge in [-0.15, -0.1) is 11.6 Å². The highest BCUT2D eigenvalue weighted by Crippen LogP contribution is 2.25. The maximum absolute atomic E-state index is 6.04.